The number of carbonyl (C=O) groups is 1. The van der Waals surface area contributed by atoms with Crippen molar-refractivity contribution < 1.29 is 13.2 Å². The van der Waals surface area contributed by atoms with Gasteiger partial charge in [0.25, 0.3) is 0 Å². The Labute approximate surface area is 123 Å². The van der Waals surface area contributed by atoms with Gasteiger partial charge in [0.2, 0.25) is 5.91 Å². The van der Waals surface area contributed by atoms with Crippen molar-refractivity contribution in [3.05, 3.63) is 22.4 Å². The van der Waals surface area contributed by atoms with Crippen molar-refractivity contribution in [1.29, 1.82) is 0 Å². The maximum absolute atomic E-state index is 12.4. The summed E-state index contributed by atoms with van der Waals surface area (Å²) in [5.41, 5.74) is 1.16. The second-order valence-corrected chi connectivity index (χ2v) is 8.26. The summed E-state index contributed by atoms with van der Waals surface area (Å²) in [4.78, 5) is 12.4. The highest BCUT2D eigenvalue weighted by Gasteiger charge is 2.48. The highest BCUT2D eigenvalue weighted by atomic mass is 32.2. The van der Waals surface area contributed by atoms with Crippen LogP contribution in [-0.2, 0) is 21.1 Å². The summed E-state index contributed by atoms with van der Waals surface area (Å²) in [7, 11) is -3.42. The molecule has 1 fully saturated rings. The van der Waals surface area contributed by atoms with Crippen molar-refractivity contribution in [1.82, 2.24) is 10.6 Å². The van der Waals surface area contributed by atoms with E-state index in [-0.39, 0.29) is 5.91 Å². The van der Waals surface area contributed by atoms with E-state index in [0.717, 1.165) is 18.2 Å². The number of amides is 1. The molecule has 0 aliphatic carbocycles. The molecule has 0 unspecified atom stereocenters. The first kappa shape index (κ1) is 15.5. The predicted molar refractivity (Wildman–Crippen MR) is 80.7 cm³/mol. The van der Waals surface area contributed by atoms with E-state index in [0.29, 0.717) is 32.5 Å². The molecule has 112 valence electrons. The third-order valence-corrected chi connectivity index (χ3v) is 6.56. The van der Waals surface area contributed by atoms with Crippen molar-refractivity contribution in [3.63, 3.8) is 0 Å². The SMILES string of the molecule is CS(=O)(=O)C1(C(=O)NCCc2ccsc2)CCNCC1. The van der Waals surface area contributed by atoms with Crippen LogP contribution in [0.4, 0.5) is 0 Å². The maximum atomic E-state index is 12.4. The molecule has 1 aromatic heterocycles. The second kappa shape index (κ2) is 6.24. The number of hydrogen-bond donors (Lipinski definition) is 2. The van der Waals surface area contributed by atoms with Crippen LogP contribution < -0.4 is 10.6 Å². The van der Waals surface area contributed by atoms with E-state index in [1.807, 2.05) is 16.8 Å². The fraction of sp³-hybridized carbons (Fsp3) is 0.615. The van der Waals surface area contributed by atoms with E-state index in [4.69, 9.17) is 0 Å². The van der Waals surface area contributed by atoms with Gasteiger partial charge in [-0.15, -0.1) is 0 Å². The Hall–Kier alpha value is -0.920. The molecular weight excluding hydrogens is 296 g/mol. The Kier molecular flexibility index (Phi) is 4.82. The minimum absolute atomic E-state index is 0.343. The van der Waals surface area contributed by atoms with Gasteiger partial charge in [-0.05, 0) is 54.7 Å². The number of carbonyl (C=O) groups excluding carboxylic acids is 1. The normalized spacial score (nSPS) is 18.6. The number of hydrogen-bond acceptors (Lipinski definition) is 5. The van der Waals surface area contributed by atoms with Gasteiger partial charge in [0.15, 0.2) is 14.6 Å². The molecule has 0 radical (unpaired) electrons. The standard InChI is InChI=1S/C13H20N2O3S2/c1-20(17,18)13(4-7-14-8-5-13)12(16)15-6-2-11-3-9-19-10-11/h3,9-10,14H,2,4-8H2,1H3,(H,15,16). The van der Waals surface area contributed by atoms with Crippen LogP contribution in [0, 0.1) is 0 Å². The molecule has 2 rings (SSSR count). The number of rotatable bonds is 5. The van der Waals surface area contributed by atoms with Crippen molar-refractivity contribution >= 4 is 27.1 Å². The predicted octanol–water partition coefficient (Wildman–Crippen LogP) is 0.574. The summed E-state index contributed by atoms with van der Waals surface area (Å²) < 4.78 is 22.9. The van der Waals surface area contributed by atoms with Crippen LogP contribution in [0.2, 0.25) is 0 Å². The molecule has 0 aromatic carbocycles. The van der Waals surface area contributed by atoms with E-state index in [2.05, 4.69) is 10.6 Å². The molecular formula is C13H20N2O3S2. The van der Waals surface area contributed by atoms with Gasteiger partial charge < -0.3 is 10.6 Å². The zero-order valence-corrected chi connectivity index (χ0v) is 13.1. The molecule has 7 heteroatoms. The molecule has 1 aliphatic rings. The first-order valence-corrected chi connectivity index (χ1v) is 9.49. The Morgan fingerprint density at radius 3 is 2.70 bits per heavy atom. The summed E-state index contributed by atoms with van der Waals surface area (Å²) in [5.74, 6) is -0.350. The lowest BCUT2D eigenvalue weighted by Crippen LogP contribution is -2.57. The molecule has 0 saturated carbocycles. The van der Waals surface area contributed by atoms with E-state index in [9.17, 15) is 13.2 Å². The minimum atomic E-state index is -3.42. The second-order valence-electron chi connectivity index (χ2n) is 5.15. The Balaban J connectivity index is 2.00. The van der Waals surface area contributed by atoms with Crippen LogP contribution in [0.25, 0.3) is 0 Å². The van der Waals surface area contributed by atoms with Crippen LogP contribution in [0.15, 0.2) is 16.8 Å². The average molecular weight is 316 g/mol. The molecule has 0 atom stereocenters. The first-order chi connectivity index (χ1) is 9.46. The lowest BCUT2D eigenvalue weighted by molar-refractivity contribution is -0.124. The number of thiophene rings is 1. The fourth-order valence-electron chi connectivity index (χ4n) is 2.51. The van der Waals surface area contributed by atoms with Gasteiger partial charge in [0.05, 0.1) is 0 Å². The van der Waals surface area contributed by atoms with Crippen LogP contribution >= 0.6 is 11.3 Å². The monoisotopic (exact) mass is 316 g/mol. The quantitative estimate of drug-likeness (QED) is 0.833. The molecule has 0 bridgehead atoms. The van der Waals surface area contributed by atoms with Crippen LogP contribution in [-0.4, -0.2) is 45.0 Å². The number of sulfone groups is 1. The van der Waals surface area contributed by atoms with Gasteiger partial charge in [0.1, 0.15) is 0 Å². The average Bonchev–Trinajstić information content (AvgIpc) is 2.91. The lowest BCUT2D eigenvalue weighted by atomic mass is 9.96. The molecule has 1 aromatic rings. The highest BCUT2D eigenvalue weighted by Crippen LogP contribution is 2.27. The van der Waals surface area contributed by atoms with E-state index in [1.165, 1.54) is 0 Å². The van der Waals surface area contributed by atoms with Crippen molar-refractivity contribution in [2.24, 2.45) is 0 Å². The molecule has 5 nitrogen and oxygen atoms in total. The maximum Gasteiger partial charge on any atom is 0.241 e. The summed E-state index contributed by atoms with van der Waals surface area (Å²) in [6, 6.07) is 2.01. The molecule has 20 heavy (non-hydrogen) atoms. The molecule has 1 amide bonds. The summed E-state index contributed by atoms with van der Waals surface area (Å²) >= 11 is 1.61. The first-order valence-electron chi connectivity index (χ1n) is 6.65. The highest BCUT2D eigenvalue weighted by molar-refractivity contribution is 7.92. The van der Waals surface area contributed by atoms with Crippen molar-refractivity contribution in [2.45, 2.75) is 24.0 Å². The van der Waals surface area contributed by atoms with Gasteiger partial charge >= 0.3 is 0 Å². The van der Waals surface area contributed by atoms with Gasteiger partial charge in [-0.3, -0.25) is 4.79 Å². The largest absolute Gasteiger partial charge is 0.354 e. The smallest absolute Gasteiger partial charge is 0.241 e. The van der Waals surface area contributed by atoms with Gasteiger partial charge in [0, 0.05) is 12.8 Å². The van der Waals surface area contributed by atoms with Crippen molar-refractivity contribution in [3.8, 4) is 0 Å². The third kappa shape index (κ3) is 3.21. The van der Waals surface area contributed by atoms with Gasteiger partial charge in [-0.1, -0.05) is 0 Å². The molecule has 2 N–H and O–H groups in total. The molecule has 0 spiro atoms. The van der Waals surface area contributed by atoms with E-state index >= 15 is 0 Å². The summed E-state index contributed by atoms with van der Waals surface area (Å²) in [6.45, 7) is 1.59. The van der Waals surface area contributed by atoms with Crippen LogP contribution in [0.1, 0.15) is 18.4 Å². The minimum Gasteiger partial charge on any atom is -0.354 e. The number of nitrogens with one attached hydrogen (secondary N) is 2. The Morgan fingerprint density at radius 2 is 2.15 bits per heavy atom. The van der Waals surface area contributed by atoms with E-state index in [1.54, 1.807) is 11.3 Å². The fourth-order valence-corrected chi connectivity index (χ4v) is 4.57. The molecule has 1 aliphatic heterocycles. The number of piperidine rings is 1. The van der Waals surface area contributed by atoms with Crippen molar-refractivity contribution in [2.75, 3.05) is 25.9 Å². The summed E-state index contributed by atoms with van der Waals surface area (Å²) in [5, 5.41) is 9.92. The summed E-state index contributed by atoms with van der Waals surface area (Å²) in [6.07, 6.45) is 2.58. The van der Waals surface area contributed by atoms with Crippen LogP contribution in [0.3, 0.4) is 0 Å². The Bertz CT molecular complexity index is 546. The van der Waals surface area contributed by atoms with E-state index < -0.39 is 14.6 Å². The zero-order chi connectivity index (χ0) is 14.6. The Morgan fingerprint density at radius 1 is 1.45 bits per heavy atom. The lowest BCUT2D eigenvalue weighted by Gasteiger charge is -2.34. The third-order valence-electron chi connectivity index (χ3n) is 3.81. The topological polar surface area (TPSA) is 75.3 Å². The van der Waals surface area contributed by atoms with Crippen LogP contribution in [0.5, 0.6) is 0 Å². The van der Waals surface area contributed by atoms with Gasteiger partial charge in [-0.25, -0.2) is 8.42 Å². The van der Waals surface area contributed by atoms with Gasteiger partial charge in [-0.2, -0.15) is 11.3 Å². The molecule has 2 heterocycles. The molecule has 1 saturated heterocycles. The zero-order valence-electron chi connectivity index (χ0n) is 11.5.